The van der Waals surface area contributed by atoms with Gasteiger partial charge in [-0.25, -0.2) is 0 Å². The summed E-state index contributed by atoms with van der Waals surface area (Å²) in [6, 6.07) is 8.01. The van der Waals surface area contributed by atoms with Gasteiger partial charge in [0.05, 0.1) is 7.11 Å². The van der Waals surface area contributed by atoms with E-state index in [2.05, 4.69) is 26.2 Å². The summed E-state index contributed by atoms with van der Waals surface area (Å²) in [6.45, 7) is 0. The number of hydrogen-bond acceptors (Lipinski definition) is 2. The Kier molecular flexibility index (Phi) is 3.84. The number of hydroxylamine groups is 1. The standard InChI is InChI=1S/C9H10BrNO/c1-12-11-7-6-8-2-4-9(10)5-3-8/h2-7,11H,1H3. The summed E-state index contributed by atoms with van der Waals surface area (Å²) >= 11 is 3.36. The van der Waals surface area contributed by atoms with Crippen LogP contribution in [0.1, 0.15) is 5.56 Å². The van der Waals surface area contributed by atoms with Gasteiger partial charge in [-0.05, 0) is 23.8 Å². The van der Waals surface area contributed by atoms with E-state index in [9.17, 15) is 0 Å². The lowest BCUT2D eigenvalue weighted by atomic mass is 10.2. The summed E-state index contributed by atoms with van der Waals surface area (Å²) in [5.41, 5.74) is 3.75. The monoisotopic (exact) mass is 227 g/mol. The minimum absolute atomic E-state index is 1.08. The van der Waals surface area contributed by atoms with Crippen molar-refractivity contribution in [3.63, 3.8) is 0 Å². The molecule has 3 heteroatoms. The second kappa shape index (κ2) is 4.95. The van der Waals surface area contributed by atoms with Crippen molar-refractivity contribution in [1.29, 1.82) is 0 Å². The van der Waals surface area contributed by atoms with Crippen LogP contribution in [0.4, 0.5) is 0 Å². The fourth-order valence-electron chi connectivity index (χ4n) is 0.772. The van der Waals surface area contributed by atoms with Gasteiger partial charge in [0.1, 0.15) is 0 Å². The van der Waals surface area contributed by atoms with Gasteiger partial charge in [0, 0.05) is 10.7 Å². The van der Waals surface area contributed by atoms with Crippen LogP contribution in [0.5, 0.6) is 0 Å². The second-order valence-corrected chi connectivity index (χ2v) is 3.12. The first-order valence-electron chi connectivity index (χ1n) is 3.53. The highest BCUT2D eigenvalue weighted by atomic mass is 79.9. The van der Waals surface area contributed by atoms with E-state index in [-0.39, 0.29) is 0 Å². The Morgan fingerprint density at radius 2 is 2.00 bits per heavy atom. The van der Waals surface area contributed by atoms with Crippen LogP contribution in [0.25, 0.3) is 6.08 Å². The Morgan fingerprint density at radius 3 is 2.58 bits per heavy atom. The molecule has 0 aliphatic heterocycles. The van der Waals surface area contributed by atoms with E-state index in [0.717, 1.165) is 10.0 Å². The molecule has 0 aromatic heterocycles. The van der Waals surface area contributed by atoms with Crippen LogP contribution in [0.2, 0.25) is 0 Å². The number of hydrogen-bond donors (Lipinski definition) is 1. The Balaban J connectivity index is 2.58. The summed E-state index contributed by atoms with van der Waals surface area (Å²) in [6.07, 6.45) is 3.67. The summed E-state index contributed by atoms with van der Waals surface area (Å²) in [4.78, 5) is 4.64. The molecule has 12 heavy (non-hydrogen) atoms. The van der Waals surface area contributed by atoms with Crippen molar-refractivity contribution >= 4 is 22.0 Å². The summed E-state index contributed by atoms with van der Waals surface area (Å²) in [7, 11) is 1.58. The van der Waals surface area contributed by atoms with Crippen molar-refractivity contribution in [2.24, 2.45) is 0 Å². The average Bonchev–Trinajstić information content (AvgIpc) is 2.09. The molecule has 0 atom stereocenters. The molecule has 1 aromatic carbocycles. The van der Waals surface area contributed by atoms with Crippen molar-refractivity contribution in [3.05, 3.63) is 40.5 Å². The fraction of sp³-hybridized carbons (Fsp3) is 0.111. The van der Waals surface area contributed by atoms with Gasteiger partial charge >= 0.3 is 0 Å². The van der Waals surface area contributed by atoms with Crippen molar-refractivity contribution in [2.45, 2.75) is 0 Å². The van der Waals surface area contributed by atoms with Crippen molar-refractivity contribution in [1.82, 2.24) is 5.48 Å². The lowest BCUT2D eigenvalue weighted by molar-refractivity contribution is 0.129. The zero-order chi connectivity index (χ0) is 8.81. The first-order chi connectivity index (χ1) is 5.83. The molecule has 1 N–H and O–H groups in total. The second-order valence-electron chi connectivity index (χ2n) is 2.21. The fourth-order valence-corrected chi connectivity index (χ4v) is 1.04. The summed E-state index contributed by atoms with van der Waals surface area (Å²) in [5.74, 6) is 0. The maximum atomic E-state index is 4.64. The zero-order valence-corrected chi connectivity index (χ0v) is 8.34. The number of rotatable bonds is 3. The molecule has 0 aliphatic rings. The first-order valence-corrected chi connectivity index (χ1v) is 4.33. The Bertz CT molecular complexity index is 256. The number of nitrogens with one attached hydrogen (secondary N) is 1. The minimum atomic E-state index is 1.08. The third-order valence-corrected chi connectivity index (χ3v) is 1.86. The molecule has 1 aromatic rings. The molecular weight excluding hydrogens is 218 g/mol. The van der Waals surface area contributed by atoms with Gasteiger partial charge in [0.25, 0.3) is 0 Å². The molecule has 0 heterocycles. The van der Waals surface area contributed by atoms with Crippen LogP contribution in [0.15, 0.2) is 34.9 Å². The van der Waals surface area contributed by atoms with Gasteiger partial charge in [-0.3, -0.25) is 10.3 Å². The van der Waals surface area contributed by atoms with E-state index in [1.165, 1.54) is 0 Å². The molecule has 0 unspecified atom stereocenters. The lowest BCUT2D eigenvalue weighted by Crippen LogP contribution is -1.99. The van der Waals surface area contributed by atoms with Crippen LogP contribution in [0, 0.1) is 0 Å². The molecular formula is C9H10BrNO. The van der Waals surface area contributed by atoms with Gasteiger partial charge < -0.3 is 0 Å². The van der Waals surface area contributed by atoms with Gasteiger partial charge in [-0.2, -0.15) is 0 Å². The Morgan fingerprint density at radius 1 is 1.33 bits per heavy atom. The van der Waals surface area contributed by atoms with Crippen LogP contribution >= 0.6 is 15.9 Å². The van der Waals surface area contributed by atoms with E-state index in [4.69, 9.17) is 0 Å². The molecule has 0 spiro atoms. The SMILES string of the molecule is CONC=Cc1ccc(Br)cc1. The highest BCUT2D eigenvalue weighted by molar-refractivity contribution is 9.10. The Labute approximate surface area is 80.3 Å². The minimum Gasteiger partial charge on any atom is -0.280 e. The number of halogens is 1. The smallest absolute Gasteiger partial charge is 0.0636 e. The van der Waals surface area contributed by atoms with E-state index >= 15 is 0 Å². The van der Waals surface area contributed by atoms with Crippen LogP contribution in [-0.4, -0.2) is 7.11 Å². The predicted molar refractivity (Wildman–Crippen MR) is 53.3 cm³/mol. The molecule has 2 nitrogen and oxygen atoms in total. The number of benzene rings is 1. The van der Waals surface area contributed by atoms with Crippen molar-refractivity contribution < 1.29 is 4.84 Å². The van der Waals surface area contributed by atoms with E-state index in [0.29, 0.717) is 0 Å². The third kappa shape index (κ3) is 3.07. The molecule has 0 amide bonds. The maximum absolute atomic E-state index is 4.64. The van der Waals surface area contributed by atoms with Gasteiger partial charge in [0.2, 0.25) is 0 Å². The molecule has 64 valence electrons. The van der Waals surface area contributed by atoms with Crippen LogP contribution in [0.3, 0.4) is 0 Å². The summed E-state index contributed by atoms with van der Waals surface area (Å²) < 4.78 is 1.08. The van der Waals surface area contributed by atoms with Gasteiger partial charge in [0.15, 0.2) is 0 Å². The molecule has 0 saturated carbocycles. The first kappa shape index (κ1) is 9.29. The van der Waals surface area contributed by atoms with Crippen LogP contribution < -0.4 is 5.48 Å². The molecule has 1 rings (SSSR count). The van der Waals surface area contributed by atoms with Crippen molar-refractivity contribution in [3.8, 4) is 0 Å². The van der Waals surface area contributed by atoms with E-state index < -0.39 is 0 Å². The molecule has 0 aliphatic carbocycles. The van der Waals surface area contributed by atoms with E-state index in [1.54, 1.807) is 13.3 Å². The predicted octanol–water partition coefficient (Wildman–Crippen LogP) is 2.57. The molecule has 0 bridgehead atoms. The average molecular weight is 228 g/mol. The van der Waals surface area contributed by atoms with Gasteiger partial charge in [-0.15, -0.1) is 0 Å². The highest BCUT2D eigenvalue weighted by Crippen LogP contribution is 2.10. The maximum Gasteiger partial charge on any atom is 0.0636 e. The summed E-state index contributed by atoms with van der Waals surface area (Å²) in [5, 5.41) is 0. The molecule has 0 saturated heterocycles. The zero-order valence-electron chi connectivity index (χ0n) is 6.75. The normalized spacial score (nSPS) is 10.5. The Hall–Kier alpha value is -0.800. The molecule has 0 radical (unpaired) electrons. The lowest BCUT2D eigenvalue weighted by Gasteiger charge is -1.94. The van der Waals surface area contributed by atoms with Gasteiger partial charge in [-0.1, -0.05) is 28.1 Å². The molecule has 0 fully saturated rings. The largest absolute Gasteiger partial charge is 0.280 e. The quantitative estimate of drug-likeness (QED) is 0.802. The topological polar surface area (TPSA) is 21.3 Å². The third-order valence-electron chi connectivity index (χ3n) is 1.33. The van der Waals surface area contributed by atoms with Crippen molar-refractivity contribution in [2.75, 3.05) is 7.11 Å². The van der Waals surface area contributed by atoms with E-state index in [1.807, 2.05) is 30.3 Å². The highest BCUT2D eigenvalue weighted by Gasteiger charge is 1.85. The van der Waals surface area contributed by atoms with Crippen LogP contribution in [-0.2, 0) is 4.84 Å².